The first kappa shape index (κ1) is 22.3. The quantitative estimate of drug-likeness (QED) is 0.437. The molecule has 0 unspecified atom stereocenters. The molecule has 1 aliphatic rings. The molecule has 4 rings (SSSR count). The Hall–Kier alpha value is -3.89. The Kier molecular flexibility index (Phi) is 6.03. The second-order valence-corrected chi connectivity index (χ2v) is 7.65. The summed E-state index contributed by atoms with van der Waals surface area (Å²) in [7, 11) is 0. The predicted molar refractivity (Wildman–Crippen MR) is 117 cm³/mol. The van der Waals surface area contributed by atoms with Gasteiger partial charge in [0, 0.05) is 37.1 Å². The number of nitrogens with one attached hydrogen (secondary N) is 1. The summed E-state index contributed by atoms with van der Waals surface area (Å²) < 4.78 is 40.0. The van der Waals surface area contributed by atoms with E-state index in [-0.39, 0.29) is 16.8 Å². The third kappa shape index (κ3) is 4.81. The van der Waals surface area contributed by atoms with Gasteiger partial charge in [0.05, 0.1) is 27.8 Å². The molecule has 0 saturated carbocycles. The zero-order valence-corrected chi connectivity index (χ0v) is 17.4. The second kappa shape index (κ2) is 8.93. The van der Waals surface area contributed by atoms with Gasteiger partial charge in [-0.2, -0.15) is 13.2 Å². The molecule has 33 heavy (non-hydrogen) atoms. The summed E-state index contributed by atoms with van der Waals surface area (Å²) >= 11 is 0. The van der Waals surface area contributed by atoms with Crippen LogP contribution in [0.4, 0.5) is 24.5 Å². The highest BCUT2D eigenvalue weighted by atomic mass is 19.4. The van der Waals surface area contributed by atoms with Crippen molar-refractivity contribution in [2.24, 2.45) is 0 Å². The molecule has 1 fully saturated rings. The smallest absolute Gasteiger partial charge is 0.366 e. The Morgan fingerprint density at radius 1 is 1.12 bits per heavy atom. The number of hydrogen-bond acceptors (Lipinski definition) is 5. The van der Waals surface area contributed by atoms with Crippen molar-refractivity contribution < 1.29 is 22.9 Å². The fourth-order valence-electron chi connectivity index (χ4n) is 3.82. The van der Waals surface area contributed by atoms with Gasteiger partial charge in [0.25, 0.3) is 11.6 Å². The van der Waals surface area contributed by atoms with Gasteiger partial charge in [-0.05, 0) is 49.6 Å². The molecule has 8 nitrogen and oxygen atoms in total. The number of amides is 1. The zero-order valence-electron chi connectivity index (χ0n) is 17.4. The van der Waals surface area contributed by atoms with Gasteiger partial charge in [-0.3, -0.25) is 14.9 Å². The SMILES string of the molecule is O=C(N/C=C/n1cnc2cc(C(F)(F)F)ccc21)c1ccc(N2CCCCC2)c([N+](=O)[O-])c1. The van der Waals surface area contributed by atoms with E-state index in [1.165, 1.54) is 41.5 Å². The lowest BCUT2D eigenvalue weighted by atomic mass is 10.1. The number of halogens is 3. The number of fused-ring (bicyclic) bond motifs is 1. The highest BCUT2D eigenvalue weighted by Crippen LogP contribution is 2.32. The summed E-state index contributed by atoms with van der Waals surface area (Å²) in [5.41, 5.74) is 0.272. The number of nitro groups is 1. The van der Waals surface area contributed by atoms with E-state index >= 15 is 0 Å². The average molecular weight is 459 g/mol. The molecule has 0 aliphatic carbocycles. The van der Waals surface area contributed by atoms with Gasteiger partial charge < -0.3 is 14.8 Å². The van der Waals surface area contributed by atoms with Crippen LogP contribution >= 0.6 is 0 Å². The summed E-state index contributed by atoms with van der Waals surface area (Å²) in [6, 6.07) is 7.56. The number of nitrogens with zero attached hydrogens (tertiary/aromatic N) is 4. The second-order valence-electron chi connectivity index (χ2n) is 7.65. The molecule has 0 bridgehead atoms. The topological polar surface area (TPSA) is 93.3 Å². The zero-order chi connectivity index (χ0) is 23.6. The number of nitro benzene ring substituents is 1. The highest BCUT2D eigenvalue weighted by Gasteiger charge is 2.30. The van der Waals surface area contributed by atoms with Crippen molar-refractivity contribution in [2.45, 2.75) is 25.4 Å². The predicted octanol–water partition coefficient (Wildman–Crippen LogP) is 4.81. The number of benzene rings is 2. The minimum atomic E-state index is -4.46. The maximum absolute atomic E-state index is 12.8. The summed E-state index contributed by atoms with van der Waals surface area (Å²) in [5.74, 6) is -0.552. The minimum absolute atomic E-state index is 0.123. The van der Waals surface area contributed by atoms with E-state index in [2.05, 4.69) is 10.3 Å². The first-order valence-electron chi connectivity index (χ1n) is 10.3. The van der Waals surface area contributed by atoms with Crippen LogP contribution in [-0.4, -0.2) is 33.5 Å². The van der Waals surface area contributed by atoms with Crippen molar-refractivity contribution >= 4 is 34.5 Å². The van der Waals surface area contributed by atoms with E-state index in [9.17, 15) is 28.1 Å². The van der Waals surface area contributed by atoms with Gasteiger partial charge >= 0.3 is 6.18 Å². The van der Waals surface area contributed by atoms with E-state index in [0.717, 1.165) is 44.5 Å². The van der Waals surface area contributed by atoms with E-state index in [0.29, 0.717) is 11.2 Å². The number of piperidine rings is 1. The van der Waals surface area contributed by atoms with Crippen molar-refractivity contribution in [1.82, 2.24) is 14.9 Å². The van der Waals surface area contributed by atoms with Crippen molar-refractivity contribution in [1.29, 1.82) is 0 Å². The van der Waals surface area contributed by atoms with E-state index in [4.69, 9.17) is 0 Å². The monoisotopic (exact) mass is 459 g/mol. The van der Waals surface area contributed by atoms with Crippen LogP contribution < -0.4 is 10.2 Å². The fraction of sp³-hybridized carbons (Fsp3) is 0.273. The van der Waals surface area contributed by atoms with Crippen molar-refractivity contribution in [3.05, 3.63) is 70.2 Å². The maximum atomic E-state index is 12.8. The fourth-order valence-corrected chi connectivity index (χ4v) is 3.82. The van der Waals surface area contributed by atoms with Crippen LogP contribution in [0.1, 0.15) is 35.2 Å². The molecule has 1 aromatic heterocycles. The van der Waals surface area contributed by atoms with Crippen LogP contribution in [0.25, 0.3) is 17.2 Å². The number of carbonyl (C=O) groups excluding carboxylic acids is 1. The molecule has 0 radical (unpaired) electrons. The molecule has 1 amide bonds. The number of anilines is 1. The summed E-state index contributed by atoms with van der Waals surface area (Å²) in [4.78, 5) is 29.5. The molecule has 2 heterocycles. The first-order chi connectivity index (χ1) is 15.7. The van der Waals surface area contributed by atoms with Crippen LogP contribution in [0.15, 0.2) is 48.9 Å². The minimum Gasteiger partial charge on any atom is -0.366 e. The standard InChI is InChI=1S/C22H20F3N5O3/c23-22(24,25)16-5-7-18-17(13-16)27-14-29(18)11-8-26-21(31)15-4-6-19(20(12-15)30(32)33)28-9-2-1-3-10-28/h4-8,11-14H,1-3,9-10H2,(H,26,31)/b11-8+. The van der Waals surface area contributed by atoms with Gasteiger partial charge in [0.2, 0.25) is 0 Å². The van der Waals surface area contributed by atoms with Crippen LogP contribution in [0.5, 0.6) is 0 Å². The molecule has 1 N–H and O–H groups in total. The van der Waals surface area contributed by atoms with Gasteiger partial charge in [-0.25, -0.2) is 4.98 Å². The number of rotatable bonds is 5. The highest BCUT2D eigenvalue weighted by molar-refractivity contribution is 5.96. The Labute approximate surface area is 186 Å². The van der Waals surface area contributed by atoms with Crippen molar-refractivity contribution in [3.63, 3.8) is 0 Å². The maximum Gasteiger partial charge on any atom is 0.416 e. The van der Waals surface area contributed by atoms with Crippen molar-refractivity contribution in [3.8, 4) is 0 Å². The lowest BCUT2D eigenvalue weighted by molar-refractivity contribution is -0.384. The Morgan fingerprint density at radius 3 is 2.58 bits per heavy atom. The third-order valence-electron chi connectivity index (χ3n) is 5.48. The molecule has 2 aromatic carbocycles. The molecule has 0 atom stereocenters. The average Bonchev–Trinajstić information content (AvgIpc) is 3.21. The Morgan fingerprint density at radius 2 is 1.88 bits per heavy atom. The summed E-state index contributed by atoms with van der Waals surface area (Å²) in [6.45, 7) is 1.47. The number of hydrogen-bond donors (Lipinski definition) is 1. The Bertz CT molecular complexity index is 1230. The van der Waals surface area contributed by atoms with Gasteiger partial charge in [0.15, 0.2) is 0 Å². The molecule has 172 valence electrons. The van der Waals surface area contributed by atoms with Gasteiger partial charge in [-0.1, -0.05) is 0 Å². The molecular formula is C22H20F3N5O3. The number of imidazole rings is 1. The first-order valence-corrected chi connectivity index (χ1v) is 10.3. The molecule has 1 saturated heterocycles. The number of carbonyl (C=O) groups is 1. The molecule has 1 aliphatic heterocycles. The molecule has 11 heteroatoms. The normalized spacial score (nSPS) is 14.7. The molecule has 3 aromatic rings. The van der Waals surface area contributed by atoms with Gasteiger partial charge in [-0.15, -0.1) is 0 Å². The van der Waals surface area contributed by atoms with E-state index < -0.39 is 22.6 Å². The van der Waals surface area contributed by atoms with Crippen LogP contribution in [0.3, 0.4) is 0 Å². The lowest BCUT2D eigenvalue weighted by Gasteiger charge is -2.28. The third-order valence-corrected chi connectivity index (χ3v) is 5.48. The Balaban J connectivity index is 1.49. The van der Waals surface area contributed by atoms with Gasteiger partial charge in [0.1, 0.15) is 5.69 Å². The number of alkyl halides is 3. The van der Waals surface area contributed by atoms with Crippen molar-refractivity contribution in [2.75, 3.05) is 18.0 Å². The van der Waals surface area contributed by atoms with E-state index in [1.807, 2.05) is 4.90 Å². The molecular weight excluding hydrogens is 439 g/mol. The summed E-state index contributed by atoms with van der Waals surface area (Å²) in [6.07, 6.45) is 2.60. The van der Waals surface area contributed by atoms with E-state index in [1.54, 1.807) is 6.07 Å². The largest absolute Gasteiger partial charge is 0.416 e. The van der Waals surface area contributed by atoms with Crippen LogP contribution in [0, 0.1) is 10.1 Å². The summed E-state index contributed by atoms with van der Waals surface area (Å²) in [5, 5.41) is 14.1. The number of aromatic nitrogens is 2. The van der Waals surface area contributed by atoms with Crippen LogP contribution in [-0.2, 0) is 6.18 Å². The lowest BCUT2D eigenvalue weighted by Crippen LogP contribution is -2.30. The van der Waals surface area contributed by atoms with Crippen LogP contribution in [0.2, 0.25) is 0 Å². The molecule has 0 spiro atoms.